The average Bonchev–Trinajstić information content (AvgIpc) is 2.70. The number of amides is 1. The summed E-state index contributed by atoms with van der Waals surface area (Å²) in [5.74, 6) is 0.134. The third kappa shape index (κ3) is 3.92. The lowest BCUT2D eigenvalue weighted by Gasteiger charge is -2.31. The van der Waals surface area contributed by atoms with Gasteiger partial charge in [0.2, 0.25) is 0 Å². The van der Waals surface area contributed by atoms with E-state index in [1.165, 1.54) is 6.07 Å². The van der Waals surface area contributed by atoms with Crippen LogP contribution in [0, 0.1) is 25.6 Å². The molecule has 150 valence electrons. The molecule has 1 N–H and O–H groups in total. The molecule has 0 unspecified atom stereocenters. The fourth-order valence-electron chi connectivity index (χ4n) is 3.83. The Bertz CT molecular complexity index is 1080. The van der Waals surface area contributed by atoms with Gasteiger partial charge in [0.15, 0.2) is 5.65 Å². The summed E-state index contributed by atoms with van der Waals surface area (Å²) in [5.41, 5.74) is 3.67. The maximum atomic E-state index is 14.1. The van der Waals surface area contributed by atoms with E-state index >= 15 is 0 Å². The molecule has 1 atom stereocenters. The van der Waals surface area contributed by atoms with Gasteiger partial charge in [0.1, 0.15) is 5.82 Å². The van der Waals surface area contributed by atoms with Crippen LogP contribution < -0.4 is 5.32 Å². The van der Waals surface area contributed by atoms with Gasteiger partial charge in [0, 0.05) is 36.1 Å². The molecule has 0 bridgehead atoms. The van der Waals surface area contributed by atoms with Crippen molar-refractivity contribution in [3.8, 4) is 0 Å². The second kappa shape index (κ2) is 7.78. The highest BCUT2D eigenvalue weighted by Gasteiger charge is 2.25. The molecule has 4 rings (SSSR count). The van der Waals surface area contributed by atoms with Crippen LogP contribution in [0.1, 0.15) is 41.4 Å². The second-order valence-electron chi connectivity index (χ2n) is 7.96. The number of hydrogen-bond donors (Lipinski definition) is 1. The largest absolute Gasteiger partial charge is 0.354 e. The Kier molecular flexibility index (Phi) is 5.18. The number of piperidine rings is 1. The number of anilines is 2. The van der Waals surface area contributed by atoms with E-state index < -0.39 is 0 Å². The molecule has 0 spiro atoms. The third-order valence-electron chi connectivity index (χ3n) is 5.48. The minimum atomic E-state index is -0.292. The highest BCUT2D eigenvalue weighted by atomic mass is 19.1. The van der Waals surface area contributed by atoms with Crippen LogP contribution in [0.25, 0.3) is 11.0 Å². The number of likely N-dealkylation sites (tertiary alicyclic amines) is 1. The first-order chi connectivity index (χ1) is 13.9. The lowest BCUT2D eigenvalue weighted by molar-refractivity contribution is 0.0684. The monoisotopic (exact) mass is 392 g/mol. The van der Waals surface area contributed by atoms with E-state index in [0.29, 0.717) is 34.1 Å². The van der Waals surface area contributed by atoms with Gasteiger partial charge in [-0.25, -0.2) is 14.4 Å². The molecular formula is C23H25FN4O. The fraction of sp³-hybridized carbons (Fsp3) is 0.348. The lowest BCUT2D eigenvalue weighted by Crippen LogP contribution is -2.39. The molecule has 1 saturated heterocycles. The van der Waals surface area contributed by atoms with Gasteiger partial charge >= 0.3 is 0 Å². The van der Waals surface area contributed by atoms with Crippen LogP contribution in [0.2, 0.25) is 0 Å². The van der Waals surface area contributed by atoms with Gasteiger partial charge in [-0.3, -0.25) is 4.79 Å². The maximum Gasteiger partial charge on any atom is 0.257 e. The number of carbonyl (C=O) groups excluding carboxylic acids is 1. The average molecular weight is 392 g/mol. The Morgan fingerprint density at radius 1 is 1.24 bits per heavy atom. The molecule has 1 amide bonds. The molecule has 1 aliphatic rings. The Hall–Kier alpha value is -3.02. The SMILES string of the molecule is Cc1ccc2c(Nc3ccc(C)c(F)c3)c(C(=O)N3CCC[C@H](C)C3)cnc2n1. The van der Waals surface area contributed by atoms with Gasteiger partial charge in [0.05, 0.1) is 11.3 Å². The molecule has 3 heterocycles. The third-order valence-corrected chi connectivity index (χ3v) is 5.48. The zero-order valence-electron chi connectivity index (χ0n) is 17.0. The van der Waals surface area contributed by atoms with Crippen molar-refractivity contribution < 1.29 is 9.18 Å². The minimum Gasteiger partial charge on any atom is -0.354 e. The number of pyridine rings is 2. The van der Waals surface area contributed by atoms with Gasteiger partial charge in [-0.05, 0) is 62.4 Å². The molecule has 3 aromatic rings. The number of benzene rings is 1. The summed E-state index contributed by atoms with van der Waals surface area (Å²) < 4.78 is 14.1. The van der Waals surface area contributed by atoms with E-state index in [-0.39, 0.29) is 11.7 Å². The zero-order chi connectivity index (χ0) is 20.5. The Morgan fingerprint density at radius 3 is 2.83 bits per heavy atom. The quantitative estimate of drug-likeness (QED) is 0.681. The number of hydrogen-bond acceptors (Lipinski definition) is 4. The van der Waals surface area contributed by atoms with Crippen LogP contribution in [-0.2, 0) is 0 Å². The number of carbonyl (C=O) groups is 1. The molecule has 0 saturated carbocycles. The standard InChI is InChI=1S/C23H25FN4O/c1-14-5-4-10-28(13-14)23(29)19-12-25-22-18(9-7-16(3)26-22)21(19)27-17-8-6-15(2)20(24)11-17/h6-9,11-12,14H,4-5,10,13H2,1-3H3,(H,25,26,27)/t14-/m0/s1. The summed E-state index contributed by atoms with van der Waals surface area (Å²) in [6, 6.07) is 8.77. The summed E-state index contributed by atoms with van der Waals surface area (Å²) in [4.78, 5) is 24.2. The number of fused-ring (bicyclic) bond motifs is 1. The molecular weight excluding hydrogens is 367 g/mol. The number of aryl methyl sites for hydroxylation is 2. The zero-order valence-corrected chi connectivity index (χ0v) is 17.0. The molecule has 5 nitrogen and oxygen atoms in total. The van der Waals surface area contributed by atoms with E-state index in [2.05, 4.69) is 22.2 Å². The molecule has 1 aliphatic heterocycles. The second-order valence-corrected chi connectivity index (χ2v) is 7.96. The summed E-state index contributed by atoms with van der Waals surface area (Å²) in [5, 5.41) is 4.01. The van der Waals surface area contributed by atoms with Gasteiger partial charge in [-0.15, -0.1) is 0 Å². The Balaban J connectivity index is 1.80. The Morgan fingerprint density at radius 2 is 2.07 bits per heavy atom. The van der Waals surface area contributed by atoms with Crippen molar-refractivity contribution in [1.29, 1.82) is 0 Å². The first kappa shape index (κ1) is 19.3. The van der Waals surface area contributed by atoms with E-state index in [1.54, 1.807) is 19.2 Å². The van der Waals surface area contributed by atoms with Crippen molar-refractivity contribution in [1.82, 2.24) is 14.9 Å². The Labute approximate surface area is 170 Å². The number of aromatic nitrogens is 2. The summed E-state index contributed by atoms with van der Waals surface area (Å²) >= 11 is 0. The van der Waals surface area contributed by atoms with Gasteiger partial charge in [-0.1, -0.05) is 13.0 Å². The van der Waals surface area contributed by atoms with Crippen molar-refractivity contribution in [3.63, 3.8) is 0 Å². The molecule has 1 fully saturated rings. The minimum absolute atomic E-state index is 0.0541. The van der Waals surface area contributed by atoms with Crippen molar-refractivity contribution in [2.75, 3.05) is 18.4 Å². The predicted octanol–water partition coefficient (Wildman–Crippen LogP) is 5.00. The normalized spacial score (nSPS) is 16.8. The highest BCUT2D eigenvalue weighted by molar-refractivity contribution is 6.07. The van der Waals surface area contributed by atoms with Crippen LogP contribution in [0.3, 0.4) is 0 Å². The number of nitrogens with one attached hydrogen (secondary N) is 1. The van der Waals surface area contributed by atoms with Crippen LogP contribution in [-0.4, -0.2) is 33.9 Å². The topological polar surface area (TPSA) is 58.1 Å². The smallest absolute Gasteiger partial charge is 0.257 e. The molecule has 1 aromatic carbocycles. The molecule has 2 aromatic heterocycles. The summed E-state index contributed by atoms with van der Waals surface area (Å²) in [7, 11) is 0. The van der Waals surface area contributed by atoms with Crippen molar-refractivity contribution in [3.05, 3.63) is 59.2 Å². The first-order valence-electron chi connectivity index (χ1n) is 10.0. The molecule has 29 heavy (non-hydrogen) atoms. The van der Waals surface area contributed by atoms with E-state index in [0.717, 1.165) is 37.0 Å². The molecule has 0 radical (unpaired) electrons. The van der Waals surface area contributed by atoms with Crippen LogP contribution >= 0.6 is 0 Å². The number of nitrogens with zero attached hydrogens (tertiary/aromatic N) is 3. The molecule has 6 heteroatoms. The fourth-order valence-corrected chi connectivity index (χ4v) is 3.83. The van der Waals surface area contributed by atoms with E-state index in [9.17, 15) is 9.18 Å². The number of halogens is 1. The predicted molar refractivity (Wildman–Crippen MR) is 113 cm³/mol. The first-order valence-corrected chi connectivity index (χ1v) is 10.0. The van der Waals surface area contributed by atoms with Crippen LogP contribution in [0.5, 0.6) is 0 Å². The van der Waals surface area contributed by atoms with E-state index in [4.69, 9.17) is 0 Å². The highest BCUT2D eigenvalue weighted by Crippen LogP contribution is 2.31. The van der Waals surface area contributed by atoms with Crippen molar-refractivity contribution in [2.45, 2.75) is 33.6 Å². The lowest BCUT2D eigenvalue weighted by atomic mass is 9.99. The van der Waals surface area contributed by atoms with Gasteiger partial charge in [0.25, 0.3) is 5.91 Å². The van der Waals surface area contributed by atoms with Crippen molar-refractivity contribution in [2.24, 2.45) is 5.92 Å². The summed E-state index contributed by atoms with van der Waals surface area (Å²) in [6.07, 6.45) is 3.72. The van der Waals surface area contributed by atoms with Gasteiger partial charge < -0.3 is 10.2 Å². The van der Waals surface area contributed by atoms with Crippen LogP contribution in [0.15, 0.2) is 36.5 Å². The summed E-state index contributed by atoms with van der Waals surface area (Å²) in [6.45, 7) is 7.27. The number of rotatable bonds is 3. The van der Waals surface area contributed by atoms with Crippen LogP contribution in [0.4, 0.5) is 15.8 Å². The van der Waals surface area contributed by atoms with E-state index in [1.807, 2.05) is 30.0 Å². The molecule has 0 aliphatic carbocycles. The van der Waals surface area contributed by atoms with Crippen molar-refractivity contribution >= 4 is 28.3 Å². The van der Waals surface area contributed by atoms with Gasteiger partial charge in [-0.2, -0.15) is 0 Å². The maximum absolute atomic E-state index is 14.1.